The van der Waals surface area contributed by atoms with Gasteiger partial charge in [-0.1, -0.05) is 217 Å². The monoisotopic (exact) mass is 827 g/mol. The van der Waals surface area contributed by atoms with Crippen molar-refractivity contribution in [3.05, 3.63) is 48.6 Å². The minimum atomic E-state index is -0.777. The molecule has 342 valence electrons. The van der Waals surface area contributed by atoms with Gasteiger partial charge in [-0.05, 0) is 64.2 Å². The Morgan fingerprint density at radius 1 is 0.356 bits per heavy atom. The van der Waals surface area contributed by atoms with Gasteiger partial charge in [0.15, 0.2) is 6.10 Å². The highest BCUT2D eigenvalue weighted by atomic mass is 16.6. The van der Waals surface area contributed by atoms with E-state index < -0.39 is 6.10 Å². The molecule has 0 fully saturated rings. The van der Waals surface area contributed by atoms with Crippen LogP contribution in [0.1, 0.15) is 252 Å². The molecule has 0 aromatic heterocycles. The molecule has 6 nitrogen and oxygen atoms in total. The van der Waals surface area contributed by atoms with Gasteiger partial charge in [-0.2, -0.15) is 0 Å². The molecular weight excluding hydrogens is 733 g/mol. The molecule has 0 radical (unpaired) electrons. The van der Waals surface area contributed by atoms with E-state index in [-0.39, 0.29) is 31.1 Å². The lowest BCUT2D eigenvalue weighted by Crippen LogP contribution is -2.30. The van der Waals surface area contributed by atoms with E-state index in [0.29, 0.717) is 19.3 Å². The summed E-state index contributed by atoms with van der Waals surface area (Å²) in [5.74, 6) is -0.892. The fourth-order valence-electron chi connectivity index (χ4n) is 7.08. The van der Waals surface area contributed by atoms with Gasteiger partial charge in [0.1, 0.15) is 13.2 Å². The molecule has 1 atom stereocenters. The second-order valence-corrected chi connectivity index (χ2v) is 16.8. The van der Waals surface area contributed by atoms with Crippen molar-refractivity contribution in [2.24, 2.45) is 0 Å². The Labute approximate surface area is 365 Å². The van der Waals surface area contributed by atoms with Crippen LogP contribution < -0.4 is 0 Å². The van der Waals surface area contributed by atoms with E-state index >= 15 is 0 Å². The Bertz CT molecular complexity index is 1040. The van der Waals surface area contributed by atoms with Crippen molar-refractivity contribution >= 4 is 17.9 Å². The summed E-state index contributed by atoms with van der Waals surface area (Å²) in [4.78, 5) is 37.8. The molecule has 0 rings (SSSR count). The van der Waals surface area contributed by atoms with Crippen molar-refractivity contribution in [2.45, 2.75) is 258 Å². The van der Waals surface area contributed by atoms with Crippen molar-refractivity contribution in [2.75, 3.05) is 13.2 Å². The van der Waals surface area contributed by atoms with Crippen molar-refractivity contribution in [1.82, 2.24) is 0 Å². The van der Waals surface area contributed by atoms with Gasteiger partial charge in [0.25, 0.3) is 0 Å². The number of hydrogen-bond acceptors (Lipinski definition) is 6. The largest absolute Gasteiger partial charge is 0.462 e. The number of carbonyl (C=O) groups is 3. The van der Waals surface area contributed by atoms with Crippen LogP contribution in [0.5, 0.6) is 0 Å². The number of ether oxygens (including phenoxy) is 3. The first-order valence-electron chi connectivity index (χ1n) is 25.2. The van der Waals surface area contributed by atoms with Crippen LogP contribution in [0.25, 0.3) is 0 Å². The van der Waals surface area contributed by atoms with E-state index in [4.69, 9.17) is 14.2 Å². The first-order valence-corrected chi connectivity index (χ1v) is 25.2. The van der Waals surface area contributed by atoms with E-state index in [2.05, 4.69) is 69.4 Å². The first-order chi connectivity index (χ1) is 29.0. The van der Waals surface area contributed by atoms with Crippen LogP contribution in [0, 0.1) is 0 Å². The minimum Gasteiger partial charge on any atom is -0.462 e. The molecule has 0 bridgehead atoms. The van der Waals surface area contributed by atoms with Crippen LogP contribution in [0.2, 0.25) is 0 Å². The molecule has 0 aromatic carbocycles. The maximum atomic E-state index is 12.8. The molecule has 0 aromatic rings. The quantitative estimate of drug-likeness (QED) is 0.0200. The molecule has 0 N–H and O–H groups in total. The summed E-state index contributed by atoms with van der Waals surface area (Å²) < 4.78 is 16.7. The fraction of sp³-hybridized carbons (Fsp3) is 0.792. The molecular formula is C53H94O6. The molecule has 59 heavy (non-hydrogen) atoms. The number of unbranched alkanes of at least 4 members (excludes halogenated alkanes) is 28. The van der Waals surface area contributed by atoms with E-state index in [1.54, 1.807) is 0 Å². The van der Waals surface area contributed by atoms with E-state index in [1.165, 1.54) is 141 Å². The maximum absolute atomic E-state index is 12.8. The molecule has 6 heteroatoms. The standard InChI is InChI=1S/C53H94O6/c1-4-7-10-13-16-19-21-23-25-26-28-29-31-34-37-40-43-46-52(55)58-49-50(48-57-51(54)45-42-39-36-33-18-15-12-9-6-3)59-53(56)47-44-41-38-35-32-30-27-24-22-20-17-14-11-8-5-2/h8,11,14,17,20,22-23,25,50H,4-7,9-10,12-13,15-16,18-19,21,24,26-49H2,1-3H3/b11-8-,17-14-,22-20-,25-23-. The van der Waals surface area contributed by atoms with Crippen LogP contribution in [0.3, 0.4) is 0 Å². The lowest BCUT2D eigenvalue weighted by molar-refractivity contribution is -0.167. The number of hydrogen-bond donors (Lipinski definition) is 0. The van der Waals surface area contributed by atoms with Gasteiger partial charge in [0, 0.05) is 19.3 Å². The average Bonchev–Trinajstić information content (AvgIpc) is 3.23. The smallest absolute Gasteiger partial charge is 0.306 e. The highest BCUT2D eigenvalue weighted by molar-refractivity contribution is 5.71. The minimum absolute atomic E-state index is 0.0778. The number of esters is 3. The second-order valence-electron chi connectivity index (χ2n) is 16.8. The summed E-state index contributed by atoms with van der Waals surface area (Å²) in [5, 5.41) is 0. The van der Waals surface area contributed by atoms with Gasteiger partial charge < -0.3 is 14.2 Å². The SMILES string of the molecule is CC\C=C/C=C\C=C/CCCCCCCCCC(=O)OC(COC(=O)CCCCCCCCC/C=C\CCCCCCCC)COC(=O)CCCCCCCCCCC. The number of carbonyl (C=O) groups excluding carboxylic acids is 3. The third-order valence-corrected chi connectivity index (χ3v) is 10.9. The zero-order valence-electron chi connectivity index (χ0n) is 39.0. The molecule has 0 aliphatic rings. The highest BCUT2D eigenvalue weighted by Gasteiger charge is 2.19. The summed E-state index contributed by atoms with van der Waals surface area (Å²) >= 11 is 0. The highest BCUT2D eigenvalue weighted by Crippen LogP contribution is 2.15. The summed E-state index contributed by atoms with van der Waals surface area (Å²) in [6.07, 6.45) is 56.7. The zero-order valence-corrected chi connectivity index (χ0v) is 39.0. The van der Waals surface area contributed by atoms with Crippen LogP contribution in [-0.2, 0) is 28.6 Å². The Morgan fingerprint density at radius 2 is 0.678 bits per heavy atom. The van der Waals surface area contributed by atoms with Gasteiger partial charge in [-0.3, -0.25) is 14.4 Å². The predicted octanol–water partition coefficient (Wildman–Crippen LogP) is 16.3. The van der Waals surface area contributed by atoms with Crippen LogP contribution >= 0.6 is 0 Å². The van der Waals surface area contributed by atoms with Crippen molar-refractivity contribution in [3.8, 4) is 0 Å². The normalized spacial score (nSPS) is 12.4. The lowest BCUT2D eigenvalue weighted by atomic mass is 10.1. The zero-order chi connectivity index (χ0) is 43.0. The molecule has 0 heterocycles. The third kappa shape index (κ3) is 46.3. The third-order valence-electron chi connectivity index (χ3n) is 10.9. The van der Waals surface area contributed by atoms with Crippen LogP contribution in [0.15, 0.2) is 48.6 Å². The number of rotatable bonds is 45. The summed E-state index contributed by atoms with van der Waals surface area (Å²) in [7, 11) is 0. The molecule has 0 saturated carbocycles. The lowest BCUT2D eigenvalue weighted by Gasteiger charge is -2.18. The average molecular weight is 827 g/mol. The predicted molar refractivity (Wildman–Crippen MR) is 252 cm³/mol. The Morgan fingerprint density at radius 3 is 1.07 bits per heavy atom. The van der Waals surface area contributed by atoms with E-state index in [9.17, 15) is 14.4 Å². The molecule has 0 spiro atoms. The van der Waals surface area contributed by atoms with Crippen molar-refractivity contribution in [1.29, 1.82) is 0 Å². The second kappa shape index (κ2) is 48.0. The molecule has 0 saturated heterocycles. The van der Waals surface area contributed by atoms with E-state index in [1.807, 2.05) is 0 Å². The van der Waals surface area contributed by atoms with Gasteiger partial charge in [-0.15, -0.1) is 0 Å². The van der Waals surface area contributed by atoms with Crippen molar-refractivity contribution in [3.63, 3.8) is 0 Å². The summed E-state index contributed by atoms with van der Waals surface area (Å²) in [6.45, 7) is 6.48. The molecule has 0 aliphatic carbocycles. The van der Waals surface area contributed by atoms with Gasteiger partial charge in [-0.25, -0.2) is 0 Å². The first kappa shape index (κ1) is 56.4. The Hall–Kier alpha value is -2.63. The summed E-state index contributed by atoms with van der Waals surface area (Å²) in [5.41, 5.74) is 0. The Kier molecular flexibility index (Phi) is 45.9. The number of allylic oxidation sites excluding steroid dienone is 8. The Balaban J connectivity index is 4.33. The van der Waals surface area contributed by atoms with Gasteiger partial charge in [0.2, 0.25) is 0 Å². The van der Waals surface area contributed by atoms with Crippen LogP contribution in [-0.4, -0.2) is 37.2 Å². The van der Waals surface area contributed by atoms with Crippen LogP contribution in [0.4, 0.5) is 0 Å². The summed E-state index contributed by atoms with van der Waals surface area (Å²) in [6, 6.07) is 0. The molecule has 0 amide bonds. The van der Waals surface area contributed by atoms with Crippen molar-refractivity contribution < 1.29 is 28.6 Å². The maximum Gasteiger partial charge on any atom is 0.306 e. The molecule has 1 unspecified atom stereocenters. The van der Waals surface area contributed by atoms with Gasteiger partial charge in [0.05, 0.1) is 0 Å². The molecule has 0 aliphatic heterocycles. The van der Waals surface area contributed by atoms with Gasteiger partial charge >= 0.3 is 17.9 Å². The topological polar surface area (TPSA) is 78.9 Å². The van der Waals surface area contributed by atoms with E-state index in [0.717, 1.165) is 70.6 Å². The fourth-order valence-corrected chi connectivity index (χ4v) is 7.08.